The average Bonchev–Trinajstić information content (AvgIpc) is 3.33. The molecule has 0 spiro atoms. The predicted molar refractivity (Wildman–Crippen MR) is 308 cm³/mol. The van der Waals surface area contributed by atoms with Gasteiger partial charge in [0.15, 0.2) is 11.6 Å². The second-order valence-corrected chi connectivity index (χ2v) is 19.4. The van der Waals surface area contributed by atoms with Crippen LogP contribution in [0.2, 0.25) is 0 Å². The molecule has 7 aromatic rings. The molecular formula is C67H88F10. The Bertz CT molecular complexity index is 2540. The smallest absolute Gasteiger partial charge is 0.161 e. The van der Waals surface area contributed by atoms with Crippen molar-refractivity contribution in [3.8, 4) is 0 Å². The Morgan fingerprint density at radius 2 is 0.455 bits per heavy atom. The summed E-state index contributed by atoms with van der Waals surface area (Å²) >= 11 is 0. The minimum atomic E-state index is -0.736. The molecule has 0 radical (unpaired) electrons. The van der Waals surface area contributed by atoms with Crippen molar-refractivity contribution in [3.05, 3.63) is 245 Å². The van der Waals surface area contributed by atoms with Crippen molar-refractivity contribution < 1.29 is 43.9 Å². The van der Waals surface area contributed by atoms with Gasteiger partial charge in [0.2, 0.25) is 0 Å². The maximum Gasteiger partial charge on any atom is 0.161 e. The third kappa shape index (κ3) is 29.2. The molecule has 0 bridgehead atoms. The van der Waals surface area contributed by atoms with Crippen molar-refractivity contribution in [2.45, 2.75) is 159 Å². The molecule has 1 saturated carbocycles. The fraction of sp³-hybridized carbons (Fsp3) is 0.373. The van der Waals surface area contributed by atoms with E-state index >= 15 is 0 Å². The van der Waals surface area contributed by atoms with Crippen LogP contribution in [0.5, 0.6) is 0 Å². The van der Waals surface area contributed by atoms with Gasteiger partial charge >= 0.3 is 0 Å². The summed E-state index contributed by atoms with van der Waals surface area (Å²) in [5.41, 5.74) is 8.82. The summed E-state index contributed by atoms with van der Waals surface area (Å²) in [6.07, 6.45) is 5.89. The maximum atomic E-state index is 12.6. The van der Waals surface area contributed by atoms with Gasteiger partial charge in [-0.05, 0) is 213 Å². The fourth-order valence-electron chi connectivity index (χ4n) is 6.49. The molecule has 426 valence electrons. The molecule has 0 heterocycles. The standard InChI is InChI=1S/4C8H8F2.2C8H9F.C8H16.C8H10.3CH4/c1-5-3-8(10)6(2)4-7(5)9;2*1-5-3-7(9)6(2)8(10)4-5;1-5-3-4-6(2)8(10)7(5)9;2*1-6-3-4-7(2)8(9)5-6;2*1-7-3-5-8(2)6-4-7;;;/h4*3-4H,1-2H3;2*3-5H,1-2H3;7-8H,3-6H2,1-2H3;3-6H,1-2H3;3*1H4. The topological polar surface area (TPSA) is 0 Å². The molecule has 1 aliphatic rings. The molecule has 0 aliphatic heterocycles. The number of benzene rings is 7. The number of aryl methyl sites for hydroxylation is 12. The van der Waals surface area contributed by atoms with Gasteiger partial charge in [-0.25, -0.2) is 43.9 Å². The van der Waals surface area contributed by atoms with Crippen LogP contribution >= 0.6 is 0 Å². The summed E-state index contributed by atoms with van der Waals surface area (Å²) < 4.78 is 126. The van der Waals surface area contributed by atoms with E-state index in [1.165, 1.54) is 127 Å². The Labute approximate surface area is 458 Å². The Balaban J connectivity index is -0.000000809. The van der Waals surface area contributed by atoms with Gasteiger partial charge in [0.05, 0.1) is 0 Å². The lowest BCUT2D eigenvalue weighted by atomic mass is 9.84. The van der Waals surface area contributed by atoms with Gasteiger partial charge in [-0.3, -0.25) is 0 Å². The van der Waals surface area contributed by atoms with Crippen molar-refractivity contribution in [2.24, 2.45) is 11.8 Å². The summed E-state index contributed by atoms with van der Waals surface area (Å²) in [5.74, 6) is -2.26. The second kappa shape index (κ2) is 37.6. The normalized spacial score (nSPS) is 12.5. The van der Waals surface area contributed by atoms with Crippen molar-refractivity contribution in [1.29, 1.82) is 0 Å². The van der Waals surface area contributed by atoms with Crippen molar-refractivity contribution in [1.82, 2.24) is 0 Å². The summed E-state index contributed by atoms with van der Waals surface area (Å²) in [7, 11) is 0. The molecule has 0 atom stereocenters. The lowest BCUT2D eigenvalue weighted by Crippen LogP contribution is -2.08. The highest BCUT2D eigenvalue weighted by atomic mass is 19.2. The summed E-state index contributed by atoms with van der Waals surface area (Å²) in [6.45, 7) is 28.5. The quantitative estimate of drug-likeness (QED) is 0.133. The van der Waals surface area contributed by atoms with Crippen LogP contribution < -0.4 is 0 Å². The van der Waals surface area contributed by atoms with Crippen LogP contribution in [0, 0.1) is 167 Å². The first-order valence-corrected chi connectivity index (χ1v) is 24.6. The molecule has 8 rings (SSSR count). The lowest BCUT2D eigenvalue weighted by molar-refractivity contribution is 0.308. The van der Waals surface area contributed by atoms with Gasteiger partial charge in [-0.1, -0.05) is 134 Å². The third-order valence-corrected chi connectivity index (χ3v) is 11.9. The maximum absolute atomic E-state index is 12.6. The van der Waals surface area contributed by atoms with Crippen LogP contribution in [0.1, 0.15) is 140 Å². The van der Waals surface area contributed by atoms with Gasteiger partial charge in [0, 0.05) is 11.1 Å². The van der Waals surface area contributed by atoms with E-state index < -0.39 is 34.9 Å². The van der Waals surface area contributed by atoms with Gasteiger partial charge < -0.3 is 0 Å². The minimum absolute atomic E-state index is 0. The highest BCUT2D eigenvalue weighted by Gasteiger charge is 2.13. The zero-order valence-corrected chi connectivity index (χ0v) is 46.2. The highest BCUT2D eigenvalue weighted by molar-refractivity contribution is 5.27. The Morgan fingerprint density at radius 3 is 0.688 bits per heavy atom. The van der Waals surface area contributed by atoms with Crippen LogP contribution in [-0.4, -0.2) is 0 Å². The lowest BCUT2D eigenvalue weighted by Gasteiger charge is -2.22. The van der Waals surface area contributed by atoms with Crippen molar-refractivity contribution >= 4 is 0 Å². The number of hydrogen-bond donors (Lipinski definition) is 0. The number of halogens is 10. The van der Waals surface area contributed by atoms with Crippen LogP contribution in [0.15, 0.2) is 109 Å². The molecule has 77 heavy (non-hydrogen) atoms. The minimum Gasteiger partial charge on any atom is -0.207 e. The van der Waals surface area contributed by atoms with E-state index in [1.54, 1.807) is 52.0 Å². The fourth-order valence-corrected chi connectivity index (χ4v) is 6.49. The Kier molecular flexibility index (Phi) is 36.6. The number of rotatable bonds is 0. The van der Waals surface area contributed by atoms with E-state index in [9.17, 15) is 43.9 Å². The summed E-state index contributed by atoms with van der Waals surface area (Å²) in [6, 6.07) is 29.7. The first-order chi connectivity index (χ1) is 34.4. The molecule has 0 N–H and O–H groups in total. The van der Waals surface area contributed by atoms with Gasteiger partial charge in [0.1, 0.15) is 46.5 Å². The van der Waals surface area contributed by atoms with E-state index in [0.29, 0.717) is 44.5 Å². The van der Waals surface area contributed by atoms with Gasteiger partial charge in [0.25, 0.3) is 0 Å². The van der Waals surface area contributed by atoms with E-state index in [-0.39, 0.29) is 56.7 Å². The molecule has 1 fully saturated rings. The van der Waals surface area contributed by atoms with Crippen LogP contribution in [0.25, 0.3) is 0 Å². The Hall–Kier alpha value is -6.16. The zero-order valence-electron chi connectivity index (χ0n) is 46.2. The SMILES string of the molecule is C.C.C.CC1CCC(C)CC1.Cc1cc(F)c(C)c(F)c1.Cc1cc(F)c(C)c(F)c1.Cc1cc(F)c(C)cc1F.Cc1ccc(C)c(F)c1.Cc1ccc(C)c(F)c1.Cc1ccc(C)c(F)c1F.Cc1ccc(C)cc1. The molecule has 10 heteroatoms. The zero-order chi connectivity index (χ0) is 56.6. The summed E-state index contributed by atoms with van der Waals surface area (Å²) in [4.78, 5) is 0. The van der Waals surface area contributed by atoms with Crippen LogP contribution in [0.4, 0.5) is 43.9 Å². The second-order valence-electron chi connectivity index (χ2n) is 19.4. The molecular weight excluding hydrogens is 995 g/mol. The average molecular weight is 1080 g/mol. The molecule has 0 nitrogen and oxygen atoms in total. The largest absolute Gasteiger partial charge is 0.207 e. The van der Waals surface area contributed by atoms with E-state index in [1.807, 2.05) is 26.0 Å². The Morgan fingerprint density at radius 1 is 0.247 bits per heavy atom. The van der Waals surface area contributed by atoms with E-state index in [4.69, 9.17) is 0 Å². The monoisotopic (exact) mass is 1080 g/mol. The van der Waals surface area contributed by atoms with Gasteiger partial charge in [-0.2, -0.15) is 0 Å². The van der Waals surface area contributed by atoms with Crippen LogP contribution in [0.3, 0.4) is 0 Å². The number of hydrogen-bond acceptors (Lipinski definition) is 0. The molecule has 7 aromatic carbocycles. The van der Waals surface area contributed by atoms with E-state index in [0.717, 1.165) is 23.0 Å². The van der Waals surface area contributed by atoms with Gasteiger partial charge in [-0.15, -0.1) is 0 Å². The molecule has 0 aromatic heterocycles. The van der Waals surface area contributed by atoms with E-state index in [2.05, 4.69) is 52.0 Å². The highest BCUT2D eigenvalue weighted by Crippen LogP contribution is 2.27. The third-order valence-electron chi connectivity index (χ3n) is 11.9. The molecule has 0 saturated heterocycles. The molecule has 1 aliphatic carbocycles. The first-order valence-electron chi connectivity index (χ1n) is 24.6. The molecule has 0 unspecified atom stereocenters. The van der Waals surface area contributed by atoms with Crippen molar-refractivity contribution in [3.63, 3.8) is 0 Å². The predicted octanol–water partition coefficient (Wildman–Crippen LogP) is 22.3. The molecule has 0 amide bonds. The first kappa shape index (κ1) is 75.1. The summed E-state index contributed by atoms with van der Waals surface area (Å²) in [5, 5.41) is 0. The van der Waals surface area contributed by atoms with Crippen LogP contribution in [-0.2, 0) is 0 Å². The van der Waals surface area contributed by atoms with Crippen molar-refractivity contribution in [2.75, 3.05) is 0 Å².